The van der Waals surface area contributed by atoms with E-state index in [0.29, 0.717) is 5.92 Å². The summed E-state index contributed by atoms with van der Waals surface area (Å²) < 4.78 is 0. The monoisotopic (exact) mass is 249 g/mol. The zero-order valence-electron chi connectivity index (χ0n) is 10.5. The normalized spacial score (nSPS) is 18.4. The highest BCUT2D eigenvalue weighted by Crippen LogP contribution is 2.29. The minimum atomic E-state index is 0.530. The van der Waals surface area contributed by atoms with Gasteiger partial charge >= 0.3 is 0 Å². The van der Waals surface area contributed by atoms with Gasteiger partial charge in [-0.15, -0.1) is 0 Å². The topological polar surface area (TPSA) is 26.0 Å². The fourth-order valence-corrected chi connectivity index (χ4v) is 4.00. The Labute approximate surface area is 109 Å². The zero-order chi connectivity index (χ0) is 11.9. The molecule has 0 bridgehead atoms. The largest absolute Gasteiger partial charge is 0.330 e. The molecule has 1 nitrogen and oxygen atoms in total. The first kappa shape index (κ1) is 13.0. The first-order valence-corrected chi connectivity index (χ1v) is 7.88. The summed E-state index contributed by atoms with van der Waals surface area (Å²) >= 11 is 2.10. The molecule has 2 rings (SSSR count). The molecular formula is C15H23NS. The molecule has 1 aromatic carbocycles. The number of benzene rings is 1. The highest BCUT2D eigenvalue weighted by atomic mass is 32.2. The van der Waals surface area contributed by atoms with Crippen molar-refractivity contribution in [3.8, 4) is 0 Å². The van der Waals surface area contributed by atoms with Gasteiger partial charge in [-0.05, 0) is 36.6 Å². The molecule has 1 atom stereocenters. The molecule has 1 aromatic rings. The third kappa shape index (κ3) is 4.04. The van der Waals surface area contributed by atoms with Crippen LogP contribution in [0.5, 0.6) is 0 Å². The second kappa shape index (κ2) is 7.07. The van der Waals surface area contributed by atoms with E-state index in [9.17, 15) is 0 Å². The standard InChI is InChI=1S/C15H23NS/c16-10-15(14-8-2-1-3-9-14)12-17-11-13-6-4-5-7-13/h1-3,8-9,13,15H,4-7,10-12,16H2. The molecule has 1 saturated carbocycles. The first-order chi connectivity index (χ1) is 8.40. The van der Waals surface area contributed by atoms with E-state index in [4.69, 9.17) is 5.73 Å². The summed E-state index contributed by atoms with van der Waals surface area (Å²) in [7, 11) is 0. The van der Waals surface area contributed by atoms with Crippen LogP contribution in [0.1, 0.15) is 37.2 Å². The third-order valence-electron chi connectivity index (χ3n) is 3.70. The highest BCUT2D eigenvalue weighted by Gasteiger charge is 2.16. The maximum atomic E-state index is 5.89. The first-order valence-electron chi connectivity index (χ1n) is 6.73. The molecule has 17 heavy (non-hydrogen) atoms. The fourth-order valence-electron chi connectivity index (χ4n) is 2.58. The van der Waals surface area contributed by atoms with Gasteiger partial charge in [0, 0.05) is 11.7 Å². The lowest BCUT2D eigenvalue weighted by atomic mass is 10.0. The van der Waals surface area contributed by atoms with Gasteiger partial charge in [0.15, 0.2) is 0 Å². The van der Waals surface area contributed by atoms with Gasteiger partial charge in [-0.3, -0.25) is 0 Å². The van der Waals surface area contributed by atoms with Crippen LogP contribution in [-0.4, -0.2) is 18.1 Å². The van der Waals surface area contributed by atoms with Crippen molar-refractivity contribution in [3.05, 3.63) is 35.9 Å². The molecular weight excluding hydrogens is 226 g/mol. The summed E-state index contributed by atoms with van der Waals surface area (Å²) in [4.78, 5) is 0. The van der Waals surface area contributed by atoms with Crippen LogP contribution in [0.4, 0.5) is 0 Å². The molecule has 0 heterocycles. The lowest BCUT2D eigenvalue weighted by Gasteiger charge is -2.16. The third-order valence-corrected chi connectivity index (χ3v) is 5.05. The summed E-state index contributed by atoms with van der Waals surface area (Å²) in [5.41, 5.74) is 7.28. The van der Waals surface area contributed by atoms with Gasteiger partial charge in [0.2, 0.25) is 0 Å². The van der Waals surface area contributed by atoms with Crippen LogP contribution in [0, 0.1) is 5.92 Å². The SMILES string of the molecule is NCC(CSCC1CCCC1)c1ccccc1. The Kier molecular flexibility index (Phi) is 5.40. The quantitative estimate of drug-likeness (QED) is 0.833. The number of thioether (sulfide) groups is 1. The Morgan fingerprint density at radius 1 is 1.18 bits per heavy atom. The van der Waals surface area contributed by atoms with Crippen molar-refractivity contribution < 1.29 is 0 Å². The number of nitrogens with two attached hydrogens (primary N) is 1. The van der Waals surface area contributed by atoms with Crippen LogP contribution >= 0.6 is 11.8 Å². The number of rotatable bonds is 6. The molecule has 0 aromatic heterocycles. The van der Waals surface area contributed by atoms with Gasteiger partial charge in [-0.1, -0.05) is 43.2 Å². The van der Waals surface area contributed by atoms with E-state index in [1.165, 1.54) is 42.8 Å². The molecule has 2 N–H and O–H groups in total. The van der Waals surface area contributed by atoms with Crippen molar-refractivity contribution in [2.24, 2.45) is 11.7 Å². The summed E-state index contributed by atoms with van der Waals surface area (Å²) in [5.74, 6) is 4.03. The molecule has 0 radical (unpaired) electrons. The van der Waals surface area contributed by atoms with Crippen molar-refractivity contribution in [1.82, 2.24) is 0 Å². The summed E-state index contributed by atoms with van der Waals surface area (Å²) in [6.07, 6.45) is 5.80. The summed E-state index contributed by atoms with van der Waals surface area (Å²) in [5, 5.41) is 0. The number of hydrogen-bond donors (Lipinski definition) is 1. The Balaban J connectivity index is 1.75. The van der Waals surface area contributed by atoms with E-state index in [1.54, 1.807) is 0 Å². The predicted octanol–water partition coefficient (Wildman–Crippen LogP) is 3.65. The molecule has 94 valence electrons. The van der Waals surface area contributed by atoms with Gasteiger partial charge in [0.25, 0.3) is 0 Å². The van der Waals surface area contributed by atoms with Gasteiger partial charge in [0.1, 0.15) is 0 Å². The van der Waals surface area contributed by atoms with Crippen molar-refractivity contribution >= 4 is 11.8 Å². The van der Waals surface area contributed by atoms with E-state index in [0.717, 1.165) is 12.5 Å². The van der Waals surface area contributed by atoms with Crippen molar-refractivity contribution in [3.63, 3.8) is 0 Å². The second-order valence-electron chi connectivity index (χ2n) is 5.03. The molecule has 1 fully saturated rings. The lowest BCUT2D eigenvalue weighted by Crippen LogP contribution is -2.15. The van der Waals surface area contributed by atoms with Gasteiger partial charge in [-0.25, -0.2) is 0 Å². The Hall–Kier alpha value is -0.470. The van der Waals surface area contributed by atoms with E-state index >= 15 is 0 Å². The van der Waals surface area contributed by atoms with Crippen molar-refractivity contribution in [1.29, 1.82) is 0 Å². The smallest absolute Gasteiger partial charge is 0.00519 e. The van der Waals surface area contributed by atoms with E-state index in [1.807, 2.05) is 0 Å². The molecule has 2 heteroatoms. The van der Waals surface area contributed by atoms with Crippen LogP contribution in [-0.2, 0) is 0 Å². The van der Waals surface area contributed by atoms with Gasteiger partial charge < -0.3 is 5.73 Å². The molecule has 1 aliphatic carbocycles. The van der Waals surface area contributed by atoms with E-state index in [2.05, 4.69) is 42.1 Å². The molecule has 0 aliphatic heterocycles. The Morgan fingerprint density at radius 3 is 2.53 bits per heavy atom. The minimum absolute atomic E-state index is 0.530. The van der Waals surface area contributed by atoms with Crippen LogP contribution in [0.2, 0.25) is 0 Å². The maximum Gasteiger partial charge on any atom is 0.00519 e. The molecule has 1 aliphatic rings. The predicted molar refractivity (Wildman–Crippen MR) is 77.5 cm³/mol. The summed E-state index contributed by atoms with van der Waals surface area (Å²) in [6.45, 7) is 0.766. The van der Waals surface area contributed by atoms with Crippen molar-refractivity contribution in [2.45, 2.75) is 31.6 Å². The van der Waals surface area contributed by atoms with Crippen molar-refractivity contribution in [2.75, 3.05) is 18.1 Å². The average Bonchev–Trinajstić information content (AvgIpc) is 2.89. The molecule has 0 spiro atoms. The zero-order valence-corrected chi connectivity index (χ0v) is 11.3. The second-order valence-corrected chi connectivity index (χ2v) is 6.11. The Bertz CT molecular complexity index is 306. The van der Waals surface area contributed by atoms with Crippen LogP contribution < -0.4 is 5.73 Å². The van der Waals surface area contributed by atoms with E-state index in [-0.39, 0.29) is 0 Å². The minimum Gasteiger partial charge on any atom is -0.330 e. The van der Waals surface area contributed by atoms with E-state index < -0.39 is 0 Å². The van der Waals surface area contributed by atoms with Gasteiger partial charge in [-0.2, -0.15) is 11.8 Å². The molecule has 0 amide bonds. The number of hydrogen-bond acceptors (Lipinski definition) is 2. The average molecular weight is 249 g/mol. The van der Waals surface area contributed by atoms with Crippen LogP contribution in [0.15, 0.2) is 30.3 Å². The summed E-state index contributed by atoms with van der Waals surface area (Å²) in [6, 6.07) is 10.7. The highest BCUT2D eigenvalue weighted by molar-refractivity contribution is 7.99. The van der Waals surface area contributed by atoms with Crippen LogP contribution in [0.3, 0.4) is 0 Å². The lowest BCUT2D eigenvalue weighted by molar-refractivity contribution is 0.622. The molecule has 0 saturated heterocycles. The van der Waals surface area contributed by atoms with Gasteiger partial charge in [0.05, 0.1) is 0 Å². The maximum absolute atomic E-state index is 5.89. The fraction of sp³-hybridized carbons (Fsp3) is 0.600. The Morgan fingerprint density at radius 2 is 1.88 bits per heavy atom. The van der Waals surface area contributed by atoms with Crippen LogP contribution in [0.25, 0.3) is 0 Å². The molecule has 1 unspecified atom stereocenters.